The van der Waals surface area contributed by atoms with Crippen molar-refractivity contribution >= 4 is 28.9 Å². The SMILES string of the molecule is CCCCc1c(C(N)=O)nn(-c2nnc(C(C)[S+]=O)s2)c1-c1ccccn1. The molecule has 0 aliphatic rings. The molecule has 0 aliphatic carbocycles. The standard InChI is InChI=1S/C17H18N6O2S2/c1-3-4-7-11-13(15(18)24)22-23(14(11)12-8-5-6-9-19-12)17-21-20-16(26-17)10(2)27-25/h5-6,8-10H,3-4,7H2,1-2H3,(H-,18,24)/p+1. The van der Waals surface area contributed by atoms with Gasteiger partial charge in [-0.25, -0.2) is 4.68 Å². The van der Waals surface area contributed by atoms with Gasteiger partial charge in [-0.3, -0.25) is 9.78 Å². The molecule has 140 valence electrons. The largest absolute Gasteiger partial charge is 0.469 e. The molecule has 0 fully saturated rings. The summed E-state index contributed by atoms with van der Waals surface area (Å²) in [5.41, 5.74) is 7.91. The minimum Gasteiger partial charge on any atom is -0.364 e. The van der Waals surface area contributed by atoms with Gasteiger partial charge in [-0.1, -0.05) is 30.7 Å². The molecule has 1 amide bonds. The summed E-state index contributed by atoms with van der Waals surface area (Å²) in [7, 11) is 0. The molecule has 0 spiro atoms. The summed E-state index contributed by atoms with van der Waals surface area (Å²) in [6.07, 6.45) is 4.18. The van der Waals surface area contributed by atoms with Gasteiger partial charge in [0, 0.05) is 22.9 Å². The summed E-state index contributed by atoms with van der Waals surface area (Å²) >= 11 is 1.72. The number of nitrogens with two attached hydrogens (primary N) is 1. The second kappa shape index (κ2) is 8.40. The Morgan fingerprint density at radius 3 is 2.81 bits per heavy atom. The number of nitrogens with zero attached hydrogens (tertiary/aromatic N) is 5. The average Bonchev–Trinajstić information content (AvgIpc) is 3.31. The molecule has 1 atom stereocenters. The molecule has 0 radical (unpaired) electrons. The monoisotopic (exact) mass is 403 g/mol. The fourth-order valence-electron chi connectivity index (χ4n) is 2.66. The smallest absolute Gasteiger partial charge is 0.364 e. The Kier molecular flexibility index (Phi) is 5.97. The molecule has 0 aliphatic heterocycles. The molecule has 0 saturated carbocycles. The van der Waals surface area contributed by atoms with Crippen LogP contribution in [-0.4, -0.2) is 30.9 Å². The van der Waals surface area contributed by atoms with E-state index >= 15 is 0 Å². The third-order valence-corrected chi connectivity index (χ3v) is 5.75. The first kappa shape index (κ1) is 19.2. The maximum Gasteiger partial charge on any atom is 0.469 e. The molecule has 3 rings (SSSR count). The van der Waals surface area contributed by atoms with Gasteiger partial charge in [-0.2, -0.15) is 5.10 Å². The molecule has 3 heterocycles. The van der Waals surface area contributed by atoms with Gasteiger partial charge in [0.2, 0.25) is 5.13 Å². The Morgan fingerprint density at radius 1 is 1.37 bits per heavy atom. The molecular formula is C17H19N6O2S2+. The van der Waals surface area contributed by atoms with E-state index in [2.05, 4.69) is 27.2 Å². The van der Waals surface area contributed by atoms with Crippen LogP contribution in [0.4, 0.5) is 0 Å². The Labute approximate surface area is 164 Å². The number of carbonyl (C=O) groups is 1. The maximum absolute atomic E-state index is 12.0. The van der Waals surface area contributed by atoms with E-state index in [4.69, 9.17) is 5.73 Å². The molecule has 0 saturated heterocycles. The topological polar surface area (TPSA) is 117 Å². The zero-order chi connectivity index (χ0) is 19.4. The maximum atomic E-state index is 12.0. The van der Waals surface area contributed by atoms with Crippen LogP contribution in [0.1, 0.15) is 53.0 Å². The van der Waals surface area contributed by atoms with Crippen LogP contribution in [-0.2, 0) is 22.3 Å². The van der Waals surface area contributed by atoms with Crippen molar-refractivity contribution in [2.45, 2.75) is 38.4 Å². The molecule has 1 unspecified atom stereocenters. The first-order valence-corrected chi connectivity index (χ1v) is 10.1. The van der Waals surface area contributed by atoms with E-state index in [1.165, 1.54) is 11.3 Å². The molecule has 3 aromatic heterocycles. The average molecular weight is 404 g/mol. The summed E-state index contributed by atoms with van der Waals surface area (Å²) in [5.74, 6) is -0.592. The van der Waals surface area contributed by atoms with Crippen molar-refractivity contribution in [3.05, 3.63) is 40.7 Å². The third kappa shape index (κ3) is 3.91. The summed E-state index contributed by atoms with van der Waals surface area (Å²) < 4.78 is 12.7. The second-order valence-corrected chi connectivity index (χ2v) is 7.82. The highest BCUT2D eigenvalue weighted by molar-refractivity contribution is 7.66. The van der Waals surface area contributed by atoms with Crippen molar-refractivity contribution in [3.63, 3.8) is 0 Å². The lowest BCUT2D eigenvalue weighted by molar-refractivity contribution is 0.0994. The van der Waals surface area contributed by atoms with Crippen LogP contribution in [0.3, 0.4) is 0 Å². The first-order valence-electron chi connectivity index (χ1n) is 8.52. The van der Waals surface area contributed by atoms with Crippen molar-refractivity contribution in [2.24, 2.45) is 5.73 Å². The van der Waals surface area contributed by atoms with Crippen molar-refractivity contribution < 1.29 is 9.00 Å². The minimum atomic E-state index is -0.592. The number of aromatic nitrogens is 5. The van der Waals surface area contributed by atoms with Gasteiger partial charge >= 0.3 is 11.7 Å². The van der Waals surface area contributed by atoms with Crippen LogP contribution in [0.2, 0.25) is 0 Å². The van der Waals surface area contributed by atoms with Crippen LogP contribution in [0.5, 0.6) is 0 Å². The second-order valence-electron chi connectivity index (χ2n) is 5.93. The van der Waals surface area contributed by atoms with Crippen LogP contribution < -0.4 is 5.73 Å². The van der Waals surface area contributed by atoms with Crippen molar-refractivity contribution in [1.29, 1.82) is 0 Å². The lowest BCUT2D eigenvalue weighted by Crippen LogP contribution is -2.14. The van der Waals surface area contributed by atoms with Crippen molar-refractivity contribution in [1.82, 2.24) is 25.0 Å². The van der Waals surface area contributed by atoms with Gasteiger partial charge in [-0.05, 0) is 25.0 Å². The number of pyridine rings is 1. The van der Waals surface area contributed by atoms with Gasteiger partial charge in [0.15, 0.2) is 10.7 Å². The summed E-state index contributed by atoms with van der Waals surface area (Å²) in [6, 6.07) is 5.54. The number of unbranched alkanes of at least 4 members (excludes halogenated alkanes) is 1. The molecule has 0 bridgehead atoms. The molecule has 0 aromatic carbocycles. The predicted octanol–water partition coefficient (Wildman–Crippen LogP) is 2.72. The van der Waals surface area contributed by atoms with Gasteiger partial charge in [0.25, 0.3) is 11.2 Å². The van der Waals surface area contributed by atoms with E-state index in [9.17, 15) is 9.00 Å². The molecule has 3 aromatic rings. The highest BCUT2D eigenvalue weighted by atomic mass is 32.1. The normalized spacial score (nSPS) is 12.1. The summed E-state index contributed by atoms with van der Waals surface area (Å²) in [6.45, 7) is 3.85. The Balaban J connectivity index is 2.22. The summed E-state index contributed by atoms with van der Waals surface area (Å²) in [4.78, 5) is 16.4. The fraction of sp³-hybridized carbons (Fsp3) is 0.353. The first-order chi connectivity index (χ1) is 13.1. The third-order valence-electron chi connectivity index (χ3n) is 4.01. The van der Waals surface area contributed by atoms with Gasteiger partial charge in [0.05, 0.1) is 11.4 Å². The van der Waals surface area contributed by atoms with Crippen LogP contribution in [0.25, 0.3) is 16.5 Å². The molecule has 10 heteroatoms. The van der Waals surface area contributed by atoms with Gasteiger partial charge < -0.3 is 5.73 Å². The van der Waals surface area contributed by atoms with E-state index in [1.54, 1.807) is 17.8 Å². The van der Waals surface area contributed by atoms with E-state index in [-0.39, 0.29) is 10.9 Å². The number of rotatable bonds is 8. The highest BCUT2D eigenvalue weighted by Crippen LogP contribution is 2.31. The lowest BCUT2D eigenvalue weighted by Gasteiger charge is -2.06. The van der Waals surface area contributed by atoms with E-state index < -0.39 is 5.91 Å². The molecular weight excluding hydrogens is 384 g/mol. The van der Waals surface area contributed by atoms with E-state index in [1.807, 2.05) is 18.2 Å². The van der Waals surface area contributed by atoms with Gasteiger partial charge in [0.1, 0.15) is 0 Å². The summed E-state index contributed by atoms with van der Waals surface area (Å²) in [5, 5.41) is 13.4. The number of carbonyl (C=O) groups excluding carboxylic acids is 1. The molecule has 27 heavy (non-hydrogen) atoms. The van der Waals surface area contributed by atoms with Crippen molar-refractivity contribution in [2.75, 3.05) is 0 Å². The Hall–Kier alpha value is -2.59. The Morgan fingerprint density at radius 2 is 2.19 bits per heavy atom. The van der Waals surface area contributed by atoms with Gasteiger partial charge in [-0.15, -0.1) is 10.2 Å². The number of amides is 1. The highest BCUT2D eigenvalue weighted by Gasteiger charge is 2.28. The van der Waals surface area contributed by atoms with E-state index in [0.717, 1.165) is 18.4 Å². The lowest BCUT2D eigenvalue weighted by atomic mass is 10.0. The molecule has 2 N–H and O–H groups in total. The van der Waals surface area contributed by atoms with E-state index in [0.29, 0.717) is 39.6 Å². The zero-order valence-electron chi connectivity index (χ0n) is 15.0. The molecule has 8 nitrogen and oxygen atoms in total. The Bertz CT molecular complexity index is 954. The van der Waals surface area contributed by atoms with Crippen LogP contribution >= 0.6 is 11.3 Å². The fourth-order valence-corrected chi connectivity index (χ4v) is 3.79. The number of hydrogen-bond donors (Lipinski definition) is 1. The predicted molar refractivity (Wildman–Crippen MR) is 104 cm³/mol. The zero-order valence-corrected chi connectivity index (χ0v) is 16.6. The van der Waals surface area contributed by atoms with Crippen molar-refractivity contribution in [3.8, 4) is 16.5 Å². The minimum absolute atomic E-state index is 0.215. The number of primary amides is 1. The number of hydrogen-bond acceptors (Lipinski definition) is 7. The quantitative estimate of drug-likeness (QED) is 0.578. The van der Waals surface area contributed by atoms with Crippen LogP contribution in [0.15, 0.2) is 24.4 Å². The van der Waals surface area contributed by atoms with Crippen LogP contribution in [0, 0.1) is 0 Å².